The number of hydrogen-bond donors (Lipinski definition) is 0. The van der Waals surface area contributed by atoms with Crippen LogP contribution in [0.5, 0.6) is 0 Å². The first-order chi connectivity index (χ1) is 7.78. The molecule has 2 aliphatic rings. The number of alkyl halides is 1. The van der Waals surface area contributed by atoms with Gasteiger partial charge >= 0.3 is 6.09 Å². The Morgan fingerprint density at radius 2 is 2.06 bits per heavy atom. The molecule has 3 atom stereocenters. The summed E-state index contributed by atoms with van der Waals surface area (Å²) in [4.78, 5) is 25.3. The van der Waals surface area contributed by atoms with Gasteiger partial charge in [-0.05, 0) is 33.1 Å². The maximum absolute atomic E-state index is 11.9. The molecule has 2 rings (SSSR count). The summed E-state index contributed by atoms with van der Waals surface area (Å²) in [6, 6.07) is 0. The lowest BCUT2D eigenvalue weighted by Crippen LogP contribution is -2.36. The minimum atomic E-state index is -0.475. The van der Waals surface area contributed by atoms with Gasteiger partial charge in [0.2, 0.25) is 0 Å². The van der Waals surface area contributed by atoms with E-state index in [9.17, 15) is 9.59 Å². The Morgan fingerprint density at radius 3 is 2.59 bits per heavy atom. The second-order valence-electron chi connectivity index (χ2n) is 5.86. The molecule has 1 amide bonds. The van der Waals surface area contributed by atoms with E-state index in [0.717, 1.165) is 6.42 Å². The summed E-state index contributed by atoms with van der Waals surface area (Å²) in [5.41, 5.74) is -0.475. The lowest BCUT2D eigenvalue weighted by Gasteiger charge is -2.24. The van der Waals surface area contributed by atoms with Gasteiger partial charge in [-0.25, -0.2) is 4.79 Å². The fourth-order valence-corrected chi connectivity index (χ4v) is 3.34. The minimum absolute atomic E-state index is 0.00638. The molecule has 1 saturated heterocycles. The van der Waals surface area contributed by atoms with Crippen LogP contribution in [0.4, 0.5) is 4.79 Å². The van der Waals surface area contributed by atoms with Gasteiger partial charge in [0.1, 0.15) is 5.60 Å². The number of Topliss-reactive ketones (excluding diaryl/α,β-unsaturated/α-hetero) is 1. The van der Waals surface area contributed by atoms with Crippen LogP contribution in [0.3, 0.4) is 0 Å². The number of amides is 1. The average Bonchev–Trinajstić information content (AvgIpc) is 2.66. The molecule has 1 aliphatic heterocycles. The highest BCUT2D eigenvalue weighted by atomic mass is 79.9. The van der Waals surface area contributed by atoms with Crippen molar-refractivity contribution in [1.29, 1.82) is 0 Å². The van der Waals surface area contributed by atoms with Gasteiger partial charge in [-0.15, -0.1) is 0 Å². The van der Waals surface area contributed by atoms with Gasteiger partial charge in [0.05, 0.1) is 4.83 Å². The fourth-order valence-electron chi connectivity index (χ4n) is 2.52. The average molecular weight is 304 g/mol. The van der Waals surface area contributed by atoms with Crippen LogP contribution < -0.4 is 0 Å². The fraction of sp³-hybridized carbons (Fsp3) is 0.833. The standard InChI is InChI=1S/C12H18BrNO3/c1-12(2,3)17-11(16)14-5-7-4-9(13)10(15)8(7)6-14/h7-9H,4-6H2,1-3H3. The van der Waals surface area contributed by atoms with E-state index in [1.165, 1.54) is 0 Å². The third-order valence-electron chi connectivity index (χ3n) is 3.28. The first kappa shape index (κ1) is 12.9. The van der Waals surface area contributed by atoms with Crippen molar-refractivity contribution in [3.05, 3.63) is 0 Å². The van der Waals surface area contributed by atoms with Crippen molar-refractivity contribution < 1.29 is 14.3 Å². The number of halogens is 1. The Morgan fingerprint density at radius 1 is 1.41 bits per heavy atom. The molecule has 2 fully saturated rings. The SMILES string of the molecule is CC(C)(C)OC(=O)N1CC2CC(Br)C(=O)C2C1. The van der Waals surface area contributed by atoms with Crippen molar-refractivity contribution in [2.75, 3.05) is 13.1 Å². The van der Waals surface area contributed by atoms with Crippen LogP contribution in [0.1, 0.15) is 27.2 Å². The van der Waals surface area contributed by atoms with Crippen molar-refractivity contribution >= 4 is 27.8 Å². The summed E-state index contributed by atoms with van der Waals surface area (Å²) in [5.74, 6) is 0.548. The molecular formula is C12H18BrNO3. The predicted molar refractivity (Wildman–Crippen MR) is 67.1 cm³/mol. The predicted octanol–water partition coefficient (Wildman–Crippen LogP) is 2.21. The monoisotopic (exact) mass is 303 g/mol. The molecule has 1 aliphatic carbocycles. The Hall–Kier alpha value is -0.580. The van der Waals surface area contributed by atoms with E-state index in [4.69, 9.17) is 4.74 Å². The highest BCUT2D eigenvalue weighted by Crippen LogP contribution is 2.38. The molecule has 0 aromatic heterocycles. The molecular weight excluding hydrogens is 286 g/mol. The summed E-state index contributed by atoms with van der Waals surface area (Å²) in [5, 5.41) is 0. The molecule has 0 radical (unpaired) electrons. The number of fused-ring (bicyclic) bond motifs is 1. The molecule has 1 heterocycles. The van der Waals surface area contributed by atoms with Gasteiger partial charge in [0.15, 0.2) is 5.78 Å². The lowest BCUT2D eigenvalue weighted by molar-refractivity contribution is -0.120. The Kier molecular flexibility index (Phi) is 3.23. The first-order valence-electron chi connectivity index (χ1n) is 5.93. The molecule has 4 nitrogen and oxygen atoms in total. The van der Waals surface area contributed by atoms with E-state index in [0.29, 0.717) is 19.0 Å². The lowest BCUT2D eigenvalue weighted by atomic mass is 10.0. The van der Waals surface area contributed by atoms with Crippen molar-refractivity contribution in [3.63, 3.8) is 0 Å². The molecule has 0 aromatic rings. The Bertz CT molecular complexity index is 350. The summed E-state index contributed by atoms with van der Waals surface area (Å²) < 4.78 is 5.31. The number of rotatable bonds is 0. The second kappa shape index (κ2) is 4.26. The first-order valence-corrected chi connectivity index (χ1v) is 6.85. The van der Waals surface area contributed by atoms with Crippen LogP contribution in [0.2, 0.25) is 0 Å². The van der Waals surface area contributed by atoms with Gasteiger partial charge < -0.3 is 9.64 Å². The van der Waals surface area contributed by atoms with Crippen LogP contribution in [0.15, 0.2) is 0 Å². The zero-order valence-electron chi connectivity index (χ0n) is 10.4. The summed E-state index contributed by atoms with van der Waals surface area (Å²) in [7, 11) is 0. The van der Waals surface area contributed by atoms with Gasteiger partial charge in [-0.2, -0.15) is 0 Å². The molecule has 17 heavy (non-hydrogen) atoms. The molecule has 3 unspecified atom stereocenters. The van der Waals surface area contributed by atoms with E-state index in [2.05, 4.69) is 15.9 Å². The zero-order chi connectivity index (χ0) is 12.8. The quantitative estimate of drug-likeness (QED) is 0.645. The second-order valence-corrected chi connectivity index (χ2v) is 6.96. The molecule has 0 N–H and O–H groups in total. The normalized spacial score (nSPS) is 32.8. The smallest absolute Gasteiger partial charge is 0.410 e. The van der Waals surface area contributed by atoms with Crippen LogP contribution in [-0.2, 0) is 9.53 Å². The van der Waals surface area contributed by atoms with E-state index in [1.807, 2.05) is 20.8 Å². The molecule has 0 aromatic carbocycles. The van der Waals surface area contributed by atoms with Crippen molar-refractivity contribution in [2.24, 2.45) is 11.8 Å². The number of hydrogen-bond acceptors (Lipinski definition) is 3. The molecule has 0 spiro atoms. The maximum Gasteiger partial charge on any atom is 0.410 e. The van der Waals surface area contributed by atoms with Gasteiger partial charge in [-0.3, -0.25) is 4.79 Å². The van der Waals surface area contributed by atoms with E-state index >= 15 is 0 Å². The van der Waals surface area contributed by atoms with Gasteiger partial charge in [0, 0.05) is 19.0 Å². The van der Waals surface area contributed by atoms with Gasteiger partial charge in [-0.1, -0.05) is 15.9 Å². The van der Waals surface area contributed by atoms with Crippen LogP contribution in [0, 0.1) is 11.8 Å². The third-order valence-corrected chi connectivity index (χ3v) is 4.10. The maximum atomic E-state index is 11.9. The number of nitrogens with zero attached hydrogens (tertiary/aromatic N) is 1. The summed E-state index contributed by atoms with van der Waals surface area (Å²) >= 11 is 3.38. The molecule has 96 valence electrons. The molecule has 0 bridgehead atoms. The molecule has 1 saturated carbocycles. The van der Waals surface area contributed by atoms with Crippen molar-refractivity contribution in [2.45, 2.75) is 37.6 Å². The number of ketones is 1. The van der Waals surface area contributed by atoms with Crippen LogP contribution >= 0.6 is 15.9 Å². The van der Waals surface area contributed by atoms with E-state index in [1.54, 1.807) is 4.90 Å². The van der Waals surface area contributed by atoms with Crippen LogP contribution in [-0.4, -0.2) is 40.3 Å². The Labute approximate surface area is 110 Å². The molecule has 5 heteroatoms. The van der Waals surface area contributed by atoms with E-state index in [-0.39, 0.29) is 22.6 Å². The third kappa shape index (κ3) is 2.64. The van der Waals surface area contributed by atoms with Crippen molar-refractivity contribution in [1.82, 2.24) is 4.90 Å². The van der Waals surface area contributed by atoms with Crippen molar-refractivity contribution in [3.8, 4) is 0 Å². The topological polar surface area (TPSA) is 46.6 Å². The highest BCUT2D eigenvalue weighted by Gasteiger charge is 2.48. The zero-order valence-corrected chi connectivity index (χ0v) is 12.0. The number of carbonyl (C=O) groups is 2. The van der Waals surface area contributed by atoms with Crippen LogP contribution in [0.25, 0.3) is 0 Å². The number of carbonyl (C=O) groups excluding carboxylic acids is 2. The minimum Gasteiger partial charge on any atom is -0.444 e. The number of ether oxygens (including phenoxy) is 1. The number of likely N-dealkylation sites (tertiary alicyclic amines) is 1. The Balaban J connectivity index is 1.96. The highest BCUT2D eigenvalue weighted by molar-refractivity contribution is 9.10. The largest absolute Gasteiger partial charge is 0.444 e. The summed E-state index contributed by atoms with van der Waals surface area (Å²) in [6.45, 7) is 6.71. The van der Waals surface area contributed by atoms with Gasteiger partial charge in [0.25, 0.3) is 0 Å². The van der Waals surface area contributed by atoms with E-state index < -0.39 is 5.60 Å². The summed E-state index contributed by atoms with van der Waals surface area (Å²) in [6.07, 6.45) is 0.536.